The zero-order valence-corrected chi connectivity index (χ0v) is 33.7. The third kappa shape index (κ3) is 9.08. The summed E-state index contributed by atoms with van der Waals surface area (Å²) in [4.78, 5) is 47.7. The van der Waals surface area contributed by atoms with Crippen LogP contribution >= 0.6 is 0 Å². The van der Waals surface area contributed by atoms with Gasteiger partial charge in [-0.25, -0.2) is 11.0 Å². The van der Waals surface area contributed by atoms with Crippen LogP contribution in [0.2, 0.25) is 0 Å². The number of hydrogen-bond donors (Lipinski definition) is 6. The molecular weight excluding hydrogens is 731 g/mol. The van der Waals surface area contributed by atoms with Crippen LogP contribution in [0.25, 0.3) is 0 Å². The number of rotatable bonds is 7. The highest BCUT2D eigenvalue weighted by Gasteiger charge is 2.44. The minimum absolute atomic E-state index is 0.0743. The van der Waals surface area contributed by atoms with Crippen LogP contribution in [0.15, 0.2) is 84.9 Å². The molecule has 4 amide bonds. The first-order valence-corrected chi connectivity index (χ1v) is 18.9. The molecule has 0 bridgehead atoms. The highest BCUT2D eigenvalue weighted by Crippen LogP contribution is 2.48. The average molecular weight is 783 g/mol. The second kappa shape index (κ2) is 15.8. The van der Waals surface area contributed by atoms with Crippen LogP contribution in [0, 0.1) is 0 Å². The van der Waals surface area contributed by atoms with Crippen molar-refractivity contribution >= 4 is 35.0 Å². The molecule has 302 valence electrons. The number of carbonyl (C=O) groups excluding carboxylic acids is 4. The summed E-state index contributed by atoms with van der Waals surface area (Å²) in [6.07, 6.45) is 4.10. The first-order chi connectivity index (χ1) is 26.5. The predicted octanol–water partition coefficient (Wildman–Crippen LogP) is 9.29. The molecule has 0 saturated carbocycles. The Morgan fingerprint density at radius 1 is 0.491 bits per heavy atom. The lowest BCUT2D eigenvalue weighted by molar-refractivity contribution is -0.140. The number of carbonyl (C=O) groups is 4. The minimum Gasteiger partial charge on any atom is -0.322 e. The van der Waals surface area contributed by atoms with Crippen molar-refractivity contribution in [1.82, 2.24) is 11.0 Å². The third-order valence-electron chi connectivity index (χ3n) is 11.6. The van der Waals surface area contributed by atoms with Gasteiger partial charge in [-0.05, 0) is 136 Å². The van der Waals surface area contributed by atoms with Crippen molar-refractivity contribution in [3.8, 4) is 0 Å². The molecule has 0 aromatic heterocycles. The Labute approximate surface area is 332 Å². The van der Waals surface area contributed by atoms with Gasteiger partial charge < -0.3 is 10.6 Å². The van der Waals surface area contributed by atoms with Gasteiger partial charge in [0.05, 0.1) is 0 Å². The van der Waals surface area contributed by atoms with Crippen LogP contribution in [0.1, 0.15) is 140 Å². The number of alkyl halides is 2. The first kappa shape index (κ1) is 42.7. The van der Waals surface area contributed by atoms with Crippen molar-refractivity contribution in [1.29, 1.82) is 0 Å². The van der Waals surface area contributed by atoms with E-state index in [0.717, 1.165) is 42.5 Å². The van der Waals surface area contributed by atoms with Gasteiger partial charge in [0.25, 0.3) is 23.6 Å². The number of fused-ring (bicyclic) bond motifs is 2. The average Bonchev–Trinajstić information content (AvgIpc) is 3.18. The zero-order chi connectivity index (χ0) is 42.1. The van der Waals surface area contributed by atoms with E-state index in [1.54, 1.807) is 23.7 Å². The fraction of sp³-hybridized carbons (Fsp3) is 0.378. The summed E-state index contributed by atoms with van der Waals surface area (Å²) in [6.45, 7) is 17.3. The molecule has 4 aromatic rings. The van der Waals surface area contributed by atoms with Gasteiger partial charge >= 0.3 is 5.92 Å². The van der Waals surface area contributed by atoms with Gasteiger partial charge in [-0.3, -0.25) is 29.6 Å². The van der Waals surface area contributed by atoms with Crippen molar-refractivity contribution in [2.45, 2.75) is 109 Å². The van der Waals surface area contributed by atoms with Gasteiger partial charge in [0, 0.05) is 33.6 Å². The standard InChI is InChI=1S/C23H26F2N2O3.C22H26N2O3/c1-21(2)11-12-22(3,4)18-13-15(7-10-17(18)21)23(24,25)20(29)26-16-8-5-14(6-9-16)19(28)27-30;1-21(2)11-12-22(3,4)18-13-16(9-10-17(18)21)23-19(25)14-5-7-15(8-6-14)20(26)24-27/h5-10,13,30H,11-12H2,1-4H3,(H,26,29)(H,27,28);5-10,13,27H,11-12H2,1-4H3,(H,23,25)(H,24,26). The van der Waals surface area contributed by atoms with E-state index >= 15 is 8.78 Å². The maximum Gasteiger partial charge on any atom is 0.350 e. The molecule has 57 heavy (non-hydrogen) atoms. The number of amides is 4. The van der Waals surface area contributed by atoms with Crippen molar-refractivity contribution in [3.05, 3.63) is 129 Å². The number of benzene rings is 4. The van der Waals surface area contributed by atoms with Gasteiger partial charge in [-0.15, -0.1) is 0 Å². The molecular formula is C45H52F2N4O6. The lowest BCUT2D eigenvalue weighted by atomic mass is 9.63. The number of anilines is 2. The van der Waals surface area contributed by atoms with Crippen LogP contribution in [0.3, 0.4) is 0 Å². The van der Waals surface area contributed by atoms with Crippen molar-refractivity contribution in [2.75, 3.05) is 10.6 Å². The normalized spacial score (nSPS) is 17.0. The minimum atomic E-state index is -3.73. The molecule has 10 nitrogen and oxygen atoms in total. The van der Waals surface area contributed by atoms with Crippen LogP contribution < -0.4 is 21.6 Å². The largest absolute Gasteiger partial charge is 0.350 e. The Hall–Kier alpha value is -5.46. The van der Waals surface area contributed by atoms with E-state index in [-0.39, 0.29) is 49.9 Å². The summed E-state index contributed by atoms with van der Waals surface area (Å²) in [5, 5.41) is 22.4. The SMILES string of the molecule is CC1(C)CCC(C)(C)c2cc(C(F)(F)C(=O)Nc3ccc(C(=O)NO)cc3)ccc21.CC1(C)CCC(C)(C)c2cc(NC(=O)c3ccc(C(=O)NO)cc3)ccc21. The van der Waals surface area contributed by atoms with Crippen LogP contribution in [0.4, 0.5) is 20.2 Å². The van der Waals surface area contributed by atoms with Gasteiger partial charge in [-0.1, -0.05) is 73.6 Å². The molecule has 0 saturated heterocycles. The lowest BCUT2D eigenvalue weighted by Gasteiger charge is -2.42. The number of hydrogen-bond acceptors (Lipinski definition) is 6. The van der Waals surface area contributed by atoms with Gasteiger partial charge in [0.15, 0.2) is 0 Å². The summed E-state index contributed by atoms with van der Waals surface area (Å²) in [6, 6.07) is 22.0. The van der Waals surface area contributed by atoms with Gasteiger partial charge in [0.1, 0.15) is 0 Å². The van der Waals surface area contributed by atoms with Crippen molar-refractivity contribution < 1.29 is 38.4 Å². The summed E-state index contributed by atoms with van der Waals surface area (Å²) in [5.74, 6) is -6.76. The summed E-state index contributed by atoms with van der Waals surface area (Å²) in [7, 11) is 0. The van der Waals surface area contributed by atoms with Crippen LogP contribution in [-0.4, -0.2) is 34.0 Å². The fourth-order valence-corrected chi connectivity index (χ4v) is 7.60. The number of hydroxylamine groups is 2. The molecule has 0 aliphatic heterocycles. The quantitative estimate of drug-likeness (QED) is 0.0811. The van der Waals surface area contributed by atoms with E-state index in [1.807, 2.05) is 19.9 Å². The van der Waals surface area contributed by atoms with E-state index in [1.165, 1.54) is 65.1 Å². The Balaban J connectivity index is 0.000000219. The van der Waals surface area contributed by atoms with Gasteiger partial charge in [0.2, 0.25) is 0 Å². The second-order valence-electron chi connectivity index (χ2n) is 17.6. The molecule has 0 fully saturated rings. The van der Waals surface area contributed by atoms with E-state index in [4.69, 9.17) is 10.4 Å². The molecule has 0 spiro atoms. The highest BCUT2D eigenvalue weighted by molar-refractivity contribution is 6.05. The number of halogens is 2. The van der Waals surface area contributed by atoms with E-state index in [9.17, 15) is 19.2 Å². The monoisotopic (exact) mass is 782 g/mol. The van der Waals surface area contributed by atoms with Crippen molar-refractivity contribution in [3.63, 3.8) is 0 Å². The Morgan fingerprint density at radius 2 is 0.860 bits per heavy atom. The molecule has 0 radical (unpaired) electrons. The van der Waals surface area contributed by atoms with E-state index < -0.39 is 23.6 Å². The zero-order valence-electron chi connectivity index (χ0n) is 33.7. The Morgan fingerprint density at radius 3 is 1.32 bits per heavy atom. The molecule has 0 atom stereocenters. The first-order valence-electron chi connectivity index (χ1n) is 18.9. The molecule has 2 aliphatic carbocycles. The summed E-state index contributed by atoms with van der Waals surface area (Å²) in [5.41, 5.74) is 8.81. The Kier molecular flexibility index (Phi) is 11.8. The van der Waals surface area contributed by atoms with Crippen LogP contribution in [0.5, 0.6) is 0 Å². The van der Waals surface area contributed by atoms with Gasteiger partial charge in [-0.2, -0.15) is 8.78 Å². The highest BCUT2D eigenvalue weighted by atomic mass is 19.3. The van der Waals surface area contributed by atoms with E-state index in [2.05, 4.69) is 64.3 Å². The summed E-state index contributed by atoms with van der Waals surface area (Å²) >= 11 is 0. The molecule has 0 unspecified atom stereocenters. The maximum absolute atomic E-state index is 15.0. The van der Waals surface area contributed by atoms with E-state index in [0.29, 0.717) is 5.56 Å². The smallest absolute Gasteiger partial charge is 0.322 e. The number of nitrogens with one attached hydrogen (secondary N) is 4. The molecule has 6 N–H and O–H groups in total. The third-order valence-corrected chi connectivity index (χ3v) is 11.6. The second-order valence-corrected chi connectivity index (χ2v) is 17.6. The molecule has 6 rings (SSSR count). The Bertz CT molecular complexity index is 2180. The topological polar surface area (TPSA) is 157 Å². The molecule has 12 heteroatoms. The fourth-order valence-electron chi connectivity index (χ4n) is 7.60. The lowest BCUT2D eigenvalue weighted by Crippen LogP contribution is -2.36. The van der Waals surface area contributed by atoms with Crippen molar-refractivity contribution in [2.24, 2.45) is 0 Å². The molecule has 0 heterocycles. The maximum atomic E-state index is 15.0. The summed E-state index contributed by atoms with van der Waals surface area (Å²) < 4.78 is 30.0. The molecule has 4 aromatic carbocycles. The van der Waals surface area contributed by atoms with Crippen LogP contribution in [-0.2, 0) is 32.4 Å². The molecule has 2 aliphatic rings. The predicted molar refractivity (Wildman–Crippen MR) is 215 cm³/mol.